The number of nitrogens with one attached hydrogen (secondary N) is 2. The highest BCUT2D eigenvalue weighted by Gasteiger charge is 2.16. The van der Waals surface area contributed by atoms with E-state index in [9.17, 15) is 13.2 Å². The minimum atomic E-state index is -3.69. The van der Waals surface area contributed by atoms with E-state index in [0.717, 1.165) is 6.42 Å². The first-order chi connectivity index (χ1) is 11.5. The third-order valence-corrected chi connectivity index (χ3v) is 5.73. The zero-order chi connectivity index (χ0) is 17.4. The fourth-order valence-electron chi connectivity index (χ4n) is 2.99. The highest BCUT2D eigenvalue weighted by molar-refractivity contribution is 7.89. The average Bonchev–Trinajstić information content (AvgIpc) is 2.61. The molecule has 0 unspecified atom stereocenters. The Morgan fingerprint density at radius 1 is 1.25 bits per heavy atom. The second-order valence-corrected chi connectivity index (χ2v) is 7.87. The van der Waals surface area contributed by atoms with Crippen molar-refractivity contribution in [3.8, 4) is 12.3 Å². The van der Waals surface area contributed by atoms with Crippen LogP contribution in [0, 0.1) is 18.3 Å². The van der Waals surface area contributed by atoms with Gasteiger partial charge in [0, 0.05) is 12.1 Å². The molecule has 0 saturated heterocycles. The molecule has 1 amide bonds. The smallest absolute Gasteiger partial charge is 0.251 e. The van der Waals surface area contributed by atoms with Crippen molar-refractivity contribution in [3.63, 3.8) is 0 Å². The third-order valence-electron chi connectivity index (χ3n) is 4.33. The predicted octanol–water partition coefficient (Wildman–Crippen LogP) is 2.30. The molecule has 1 saturated carbocycles. The SMILES string of the molecule is C#CCNS(=O)(=O)c1cccc(C(=O)NCCC2CCCCC2)c1. The Bertz CT molecular complexity index is 701. The van der Waals surface area contributed by atoms with Crippen LogP contribution >= 0.6 is 0 Å². The molecule has 0 radical (unpaired) electrons. The molecule has 1 aromatic carbocycles. The molecule has 0 aromatic heterocycles. The van der Waals surface area contributed by atoms with Crippen LogP contribution in [-0.4, -0.2) is 27.4 Å². The van der Waals surface area contributed by atoms with E-state index in [2.05, 4.69) is 16.0 Å². The second kappa shape index (κ2) is 8.86. The first-order valence-corrected chi connectivity index (χ1v) is 9.82. The van der Waals surface area contributed by atoms with Gasteiger partial charge in [-0.2, -0.15) is 4.72 Å². The number of hydrogen-bond donors (Lipinski definition) is 2. The predicted molar refractivity (Wildman–Crippen MR) is 94.0 cm³/mol. The lowest BCUT2D eigenvalue weighted by Gasteiger charge is -2.21. The summed E-state index contributed by atoms with van der Waals surface area (Å²) in [4.78, 5) is 12.3. The van der Waals surface area contributed by atoms with E-state index in [1.165, 1.54) is 44.2 Å². The molecule has 2 N–H and O–H groups in total. The Morgan fingerprint density at radius 2 is 2.00 bits per heavy atom. The summed E-state index contributed by atoms with van der Waals surface area (Å²) in [5, 5.41) is 2.88. The van der Waals surface area contributed by atoms with Gasteiger partial charge in [-0.3, -0.25) is 4.79 Å². The van der Waals surface area contributed by atoms with Gasteiger partial charge in [-0.25, -0.2) is 8.42 Å². The van der Waals surface area contributed by atoms with Crippen LogP contribution in [0.3, 0.4) is 0 Å². The quantitative estimate of drug-likeness (QED) is 0.743. The summed E-state index contributed by atoms with van der Waals surface area (Å²) in [5.74, 6) is 2.66. The minimum absolute atomic E-state index is 0.0395. The summed E-state index contributed by atoms with van der Waals surface area (Å²) in [6.45, 7) is 0.538. The number of benzene rings is 1. The lowest BCUT2D eigenvalue weighted by molar-refractivity contribution is 0.0950. The number of hydrogen-bond acceptors (Lipinski definition) is 3. The molecule has 1 aromatic rings. The lowest BCUT2D eigenvalue weighted by Crippen LogP contribution is -2.27. The second-order valence-electron chi connectivity index (χ2n) is 6.11. The Hall–Kier alpha value is -1.84. The van der Waals surface area contributed by atoms with Crippen molar-refractivity contribution in [3.05, 3.63) is 29.8 Å². The molecule has 130 valence electrons. The Balaban J connectivity index is 1.92. The molecule has 0 spiro atoms. The summed E-state index contributed by atoms with van der Waals surface area (Å²) < 4.78 is 26.4. The van der Waals surface area contributed by atoms with E-state index >= 15 is 0 Å². The topological polar surface area (TPSA) is 75.3 Å². The molecule has 1 fully saturated rings. The van der Waals surface area contributed by atoms with Gasteiger partial charge in [0.2, 0.25) is 10.0 Å². The Labute approximate surface area is 144 Å². The first-order valence-electron chi connectivity index (χ1n) is 8.34. The van der Waals surface area contributed by atoms with Crippen LogP contribution in [0.25, 0.3) is 0 Å². The maximum Gasteiger partial charge on any atom is 0.251 e. The molecule has 0 heterocycles. The number of rotatable bonds is 7. The van der Waals surface area contributed by atoms with Crippen LogP contribution in [0.4, 0.5) is 0 Å². The Morgan fingerprint density at radius 3 is 2.71 bits per heavy atom. The molecule has 0 bridgehead atoms. The van der Waals surface area contributed by atoms with Crippen LogP contribution in [-0.2, 0) is 10.0 Å². The van der Waals surface area contributed by atoms with Crippen molar-refractivity contribution in [1.29, 1.82) is 0 Å². The van der Waals surface area contributed by atoms with Gasteiger partial charge >= 0.3 is 0 Å². The highest BCUT2D eigenvalue weighted by atomic mass is 32.2. The summed E-state index contributed by atoms with van der Waals surface area (Å²) in [7, 11) is -3.69. The number of amides is 1. The van der Waals surface area contributed by atoms with Crippen LogP contribution < -0.4 is 10.0 Å². The molecular weight excluding hydrogens is 324 g/mol. The van der Waals surface area contributed by atoms with Gasteiger partial charge in [-0.1, -0.05) is 44.1 Å². The summed E-state index contributed by atoms with van der Waals surface area (Å²) in [5.41, 5.74) is 0.335. The third kappa shape index (κ3) is 5.36. The number of terminal acetylenes is 1. The van der Waals surface area contributed by atoms with Crippen molar-refractivity contribution in [1.82, 2.24) is 10.0 Å². The molecule has 1 aliphatic rings. The maximum atomic E-state index is 12.2. The lowest BCUT2D eigenvalue weighted by atomic mass is 9.87. The fourth-order valence-corrected chi connectivity index (χ4v) is 3.97. The summed E-state index contributed by atoms with van der Waals surface area (Å²) >= 11 is 0. The van der Waals surface area contributed by atoms with Crippen LogP contribution in [0.15, 0.2) is 29.2 Å². The molecule has 5 nitrogen and oxygen atoms in total. The van der Waals surface area contributed by atoms with Crippen molar-refractivity contribution < 1.29 is 13.2 Å². The van der Waals surface area contributed by atoms with Crippen LogP contribution in [0.5, 0.6) is 0 Å². The van der Waals surface area contributed by atoms with E-state index in [-0.39, 0.29) is 17.3 Å². The van der Waals surface area contributed by atoms with E-state index in [0.29, 0.717) is 18.0 Å². The number of sulfonamides is 1. The van der Waals surface area contributed by atoms with Gasteiger partial charge in [0.25, 0.3) is 5.91 Å². The monoisotopic (exact) mass is 348 g/mol. The van der Waals surface area contributed by atoms with Gasteiger partial charge in [-0.15, -0.1) is 6.42 Å². The van der Waals surface area contributed by atoms with Crippen molar-refractivity contribution in [2.75, 3.05) is 13.1 Å². The van der Waals surface area contributed by atoms with E-state index in [1.54, 1.807) is 12.1 Å². The molecule has 6 heteroatoms. The van der Waals surface area contributed by atoms with Gasteiger partial charge in [0.15, 0.2) is 0 Å². The largest absolute Gasteiger partial charge is 0.352 e. The van der Waals surface area contributed by atoms with Gasteiger partial charge < -0.3 is 5.32 Å². The molecule has 1 aliphatic carbocycles. The zero-order valence-corrected chi connectivity index (χ0v) is 14.6. The normalized spacial score (nSPS) is 15.6. The number of carbonyl (C=O) groups is 1. The van der Waals surface area contributed by atoms with Gasteiger partial charge in [-0.05, 0) is 30.5 Å². The van der Waals surface area contributed by atoms with Crippen molar-refractivity contribution in [2.24, 2.45) is 5.92 Å². The average molecular weight is 348 g/mol. The summed E-state index contributed by atoms with van der Waals surface area (Å²) in [6.07, 6.45) is 12.4. The van der Waals surface area contributed by atoms with Gasteiger partial charge in [0.1, 0.15) is 0 Å². The summed E-state index contributed by atoms with van der Waals surface area (Å²) in [6, 6.07) is 5.98. The minimum Gasteiger partial charge on any atom is -0.352 e. The Kier molecular flexibility index (Phi) is 6.83. The maximum absolute atomic E-state index is 12.2. The first kappa shape index (κ1) is 18.5. The molecule has 0 atom stereocenters. The number of carbonyl (C=O) groups excluding carboxylic acids is 1. The van der Waals surface area contributed by atoms with Gasteiger partial charge in [0.05, 0.1) is 11.4 Å². The van der Waals surface area contributed by atoms with E-state index in [4.69, 9.17) is 6.42 Å². The molecule has 24 heavy (non-hydrogen) atoms. The van der Waals surface area contributed by atoms with Crippen LogP contribution in [0.2, 0.25) is 0 Å². The van der Waals surface area contributed by atoms with E-state index < -0.39 is 10.0 Å². The fraction of sp³-hybridized carbons (Fsp3) is 0.500. The van der Waals surface area contributed by atoms with Crippen LogP contribution in [0.1, 0.15) is 48.9 Å². The molecule has 2 rings (SSSR count). The highest BCUT2D eigenvalue weighted by Crippen LogP contribution is 2.25. The standard InChI is InChI=1S/C18H24N2O3S/c1-2-12-20-24(22,23)17-10-6-9-16(14-17)18(21)19-13-11-15-7-4-3-5-8-15/h1,6,9-10,14-15,20H,3-5,7-8,11-13H2,(H,19,21). The molecule has 0 aliphatic heterocycles. The molecular formula is C18H24N2O3S. The van der Waals surface area contributed by atoms with Crippen molar-refractivity contribution >= 4 is 15.9 Å². The van der Waals surface area contributed by atoms with Crippen molar-refractivity contribution in [2.45, 2.75) is 43.4 Å². The van der Waals surface area contributed by atoms with E-state index in [1.807, 2.05) is 0 Å². The zero-order valence-electron chi connectivity index (χ0n) is 13.8.